The van der Waals surface area contributed by atoms with Crippen LogP contribution in [0.2, 0.25) is 0 Å². The maximum Gasteiger partial charge on any atom is 0.410 e. The molecule has 2 atom stereocenters. The smallest absolute Gasteiger partial charge is 0.410 e. The van der Waals surface area contributed by atoms with Crippen molar-refractivity contribution in [3.8, 4) is 0 Å². The molecule has 0 bridgehead atoms. The minimum atomic E-state index is -1.14. The average Bonchev–Trinajstić information content (AvgIpc) is 2.28. The van der Waals surface area contributed by atoms with E-state index >= 15 is 0 Å². The zero-order valence-electron chi connectivity index (χ0n) is 8.79. The number of carbonyl (C=O) groups excluding carboxylic acids is 1. The van der Waals surface area contributed by atoms with Crippen molar-refractivity contribution in [1.82, 2.24) is 4.90 Å². The largest absolute Gasteiger partial charge is 0.444 e. The fourth-order valence-corrected chi connectivity index (χ4v) is 1.26. The van der Waals surface area contributed by atoms with Crippen molar-refractivity contribution in [2.24, 2.45) is 5.73 Å². The van der Waals surface area contributed by atoms with Crippen LogP contribution in [0.1, 0.15) is 20.8 Å². The molecule has 1 fully saturated rings. The second kappa shape index (κ2) is 3.73. The summed E-state index contributed by atoms with van der Waals surface area (Å²) in [5, 5.41) is 0. The normalized spacial score (nSPS) is 27.9. The lowest BCUT2D eigenvalue weighted by atomic mass is 10.2. The van der Waals surface area contributed by atoms with E-state index in [1.165, 1.54) is 4.90 Å². The molecule has 1 rings (SSSR count). The van der Waals surface area contributed by atoms with Crippen LogP contribution in [0, 0.1) is 0 Å². The molecular weight excluding hydrogens is 187 g/mol. The third kappa shape index (κ3) is 2.83. The van der Waals surface area contributed by atoms with Gasteiger partial charge >= 0.3 is 6.09 Å². The highest BCUT2D eigenvalue weighted by molar-refractivity contribution is 5.68. The van der Waals surface area contributed by atoms with E-state index in [9.17, 15) is 9.18 Å². The minimum Gasteiger partial charge on any atom is -0.444 e. The highest BCUT2D eigenvalue weighted by atomic mass is 19.1. The van der Waals surface area contributed by atoms with Gasteiger partial charge in [0.15, 0.2) is 0 Å². The number of carbonyl (C=O) groups is 1. The molecule has 1 amide bonds. The summed E-state index contributed by atoms with van der Waals surface area (Å²) in [6, 6.07) is -0.581. The molecule has 14 heavy (non-hydrogen) atoms. The molecule has 1 aliphatic rings. The molecule has 1 unspecified atom stereocenters. The predicted octanol–water partition coefficient (Wildman–Crippen LogP) is 0.903. The fourth-order valence-electron chi connectivity index (χ4n) is 1.26. The van der Waals surface area contributed by atoms with E-state index < -0.39 is 23.9 Å². The Hall–Kier alpha value is -0.840. The Labute approximate surface area is 83.2 Å². The van der Waals surface area contributed by atoms with Crippen molar-refractivity contribution >= 4 is 6.09 Å². The minimum absolute atomic E-state index is 0.0378. The number of amides is 1. The van der Waals surface area contributed by atoms with Gasteiger partial charge in [-0.25, -0.2) is 9.18 Å². The molecule has 5 heteroatoms. The van der Waals surface area contributed by atoms with E-state index in [0.717, 1.165) is 0 Å². The molecule has 1 aliphatic heterocycles. The lowest BCUT2D eigenvalue weighted by Crippen LogP contribution is -2.36. The van der Waals surface area contributed by atoms with E-state index in [2.05, 4.69) is 0 Å². The van der Waals surface area contributed by atoms with Gasteiger partial charge in [0.1, 0.15) is 11.8 Å². The monoisotopic (exact) mass is 204 g/mol. The van der Waals surface area contributed by atoms with E-state index in [1.54, 1.807) is 20.8 Å². The standard InChI is InChI=1S/C9H17FN2O2/c1-9(2,3)14-8(13)12-4-6(10)7(11)5-12/h6-7H,4-5,11H2,1-3H3/t6?,7-/m1/s1. The topological polar surface area (TPSA) is 55.6 Å². The number of hydrogen-bond donors (Lipinski definition) is 1. The first kappa shape index (κ1) is 11.2. The third-order valence-electron chi connectivity index (χ3n) is 1.94. The molecule has 1 saturated heterocycles. The van der Waals surface area contributed by atoms with Crippen molar-refractivity contribution in [3.05, 3.63) is 0 Å². The number of halogens is 1. The van der Waals surface area contributed by atoms with E-state index in [0.29, 0.717) is 0 Å². The van der Waals surface area contributed by atoms with Crippen LogP contribution in [0.3, 0.4) is 0 Å². The molecule has 0 aliphatic carbocycles. The van der Waals surface area contributed by atoms with Crippen LogP contribution < -0.4 is 5.73 Å². The van der Waals surface area contributed by atoms with Crippen LogP contribution in [0.4, 0.5) is 9.18 Å². The first-order chi connectivity index (χ1) is 6.29. The highest BCUT2D eigenvalue weighted by Crippen LogP contribution is 2.16. The summed E-state index contributed by atoms with van der Waals surface area (Å²) in [6.07, 6.45) is -1.63. The Morgan fingerprint density at radius 1 is 1.50 bits per heavy atom. The zero-order valence-corrected chi connectivity index (χ0v) is 8.79. The maximum atomic E-state index is 13.0. The second-order valence-corrected chi connectivity index (χ2v) is 4.57. The Bertz CT molecular complexity index is 217. The zero-order chi connectivity index (χ0) is 10.9. The van der Waals surface area contributed by atoms with Crippen LogP contribution in [0.25, 0.3) is 0 Å². The predicted molar refractivity (Wildman–Crippen MR) is 50.7 cm³/mol. The molecule has 82 valence electrons. The van der Waals surface area contributed by atoms with Gasteiger partial charge in [-0.1, -0.05) is 0 Å². The summed E-state index contributed by atoms with van der Waals surface area (Å²) in [7, 11) is 0. The summed E-state index contributed by atoms with van der Waals surface area (Å²) in [6.45, 7) is 5.58. The molecule has 0 saturated carbocycles. The molecule has 2 N–H and O–H groups in total. The molecule has 0 aromatic heterocycles. The fraction of sp³-hybridized carbons (Fsp3) is 0.889. The Kier molecular flexibility index (Phi) is 2.99. The SMILES string of the molecule is CC(C)(C)OC(=O)N1CC(F)[C@H](N)C1. The molecule has 4 nitrogen and oxygen atoms in total. The van der Waals surface area contributed by atoms with Gasteiger partial charge in [-0.2, -0.15) is 0 Å². The van der Waals surface area contributed by atoms with Crippen molar-refractivity contribution < 1.29 is 13.9 Å². The number of rotatable bonds is 0. The van der Waals surface area contributed by atoms with Crippen molar-refractivity contribution in [3.63, 3.8) is 0 Å². The third-order valence-corrected chi connectivity index (χ3v) is 1.94. The van der Waals surface area contributed by atoms with Gasteiger partial charge in [0.25, 0.3) is 0 Å². The number of nitrogens with two attached hydrogens (primary N) is 1. The van der Waals surface area contributed by atoms with Gasteiger partial charge in [-0.3, -0.25) is 0 Å². The number of alkyl halides is 1. The molecule has 0 aromatic carbocycles. The van der Waals surface area contributed by atoms with Crippen LogP contribution in [0.5, 0.6) is 0 Å². The molecule has 0 aromatic rings. The Morgan fingerprint density at radius 3 is 2.43 bits per heavy atom. The van der Waals surface area contributed by atoms with Gasteiger partial charge in [-0.15, -0.1) is 0 Å². The van der Waals surface area contributed by atoms with E-state index in [1.807, 2.05) is 0 Å². The summed E-state index contributed by atoms with van der Waals surface area (Å²) in [5.41, 5.74) is 4.90. The van der Waals surface area contributed by atoms with Crippen molar-refractivity contribution in [2.75, 3.05) is 13.1 Å². The number of ether oxygens (including phenoxy) is 1. The first-order valence-corrected chi connectivity index (χ1v) is 4.67. The van der Waals surface area contributed by atoms with Crippen LogP contribution in [-0.4, -0.2) is 41.9 Å². The van der Waals surface area contributed by atoms with Crippen molar-refractivity contribution in [1.29, 1.82) is 0 Å². The lowest BCUT2D eigenvalue weighted by molar-refractivity contribution is 0.0283. The summed E-state index contributed by atoms with van der Waals surface area (Å²) >= 11 is 0. The lowest BCUT2D eigenvalue weighted by Gasteiger charge is -2.24. The average molecular weight is 204 g/mol. The number of hydrogen-bond acceptors (Lipinski definition) is 3. The Balaban J connectivity index is 2.48. The number of nitrogens with zero attached hydrogens (tertiary/aromatic N) is 1. The first-order valence-electron chi connectivity index (χ1n) is 4.67. The maximum absolute atomic E-state index is 13.0. The second-order valence-electron chi connectivity index (χ2n) is 4.57. The van der Waals surface area contributed by atoms with Crippen molar-refractivity contribution in [2.45, 2.75) is 38.6 Å². The van der Waals surface area contributed by atoms with Gasteiger partial charge < -0.3 is 15.4 Å². The summed E-state index contributed by atoms with van der Waals surface area (Å²) in [5.74, 6) is 0. The van der Waals surface area contributed by atoms with Gasteiger partial charge in [-0.05, 0) is 20.8 Å². The highest BCUT2D eigenvalue weighted by Gasteiger charge is 2.35. The summed E-state index contributed by atoms with van der Waals surface area (Å²) in [4.78, 5) is 12.7. The van der Waals surface area contributed by atoms with Gasteiger partial charge in [0, 0.05) is 6.54 Å². The van der Waals surface area contributed by atoms with E-state index in [-0.39, 0.29) is 13.1 Å². The number of likely N-dealkylation sites (tertiary alicyclic amines) is 1. The molecule has 0 spiro atoms. The van der Waals surface area contributed by atoms with Crippen LogP contribution in [-0.2, 0) is 4.74 Å². The van der Waals surface area contributed by atoms with Crippen LogP contribution >= 0.6 is 0 Å². The Morgan fingerprint density at radius 2 is 2.07 bits per heavy atom. The van der Waals surface area contributed by atoms with Gasteiger partial charge in [0.2, 0.25) is 0 Å². The molecule has 1 heterocycles. The molecular formula is C9H17FN2O2. The van der Waals surface area contributed by atoms with Gasteiger partial charge in [0.05, 0.1) is 12.6 Å². The molecule has 0 radical (unpaired) electrons. The summed E-state index contributed by atoms with van der Waals surface area (Å²) < 4.78 is 18.1. The van der Waals surface area contributed by atoms with Crippen LogP contribution in [0.15, 0.2) is 0 Å². The van der Waals surface area contributed by atoms with E-state index in [4.69, 9.17) is 10.5 Å². The quantitative estimate of drug-likeness (QED) is 0.638.